The Morgan fingerprint density at radius 2 is 1.85 bits per heavy atom. The quantitative estimate of drug-likeness (QED) is 0.739. The molecule has 0 aliphatic heterocycles. The van der Waals surface area contributed by atoms with Gasteiger partial charge in [-0.25, -0.2) is 4.98 Å². The zero-order valence-corrected chi connectivity index (χ0v) is 16.5. The van der Waals surface area contributed by atoms with E-state index in [1.54, 1.807) is 0 Å². The summed E-state index contributed by atoms with van der Waals surface area (Å²) in [7, 11) is 6.34. The summed E-state index contributed by atoms with van der Waals surface area (Å²) in [6.07, 6.45) is 11.1. The fraction of sp³-hybridized carbons (Fsp3) is 0.455. The summed E-state index contributed by atoms with van der Waals surface area (Å²) in [4.78, 5) is 6.97. The van der Waals surface area contributed by atoms with Crippen molar-refractivity contribution >= 4 is 16.6 Å². The number of fused-ring (bicyclic) bond motifs is 1. The molecule has 5 heteroatoms. The molecule has 0 radical (unpaired) electrons. The first kappa shape index (κ1) is 18.0. The average molecular weight is 364 g/mol. The van der Waals surface area contributed by atoms with Crippen LogP contribution < -0.4 is 5.32 Å². The number of nitrogens with one attached hydrogen (secondary N) is 1. The highest BCUT2D eigenvalue weighted by Crippen LogP contribution is 2.28. The second kappa shape index (κ2) is 7.69. The Hall–Kier alpha value is -2.40. The van der Waals surface area contributed by atoms with Crippen LogP contribution in [0.4, 0.5) is 5.82 Å². The minimum atomic E-state index is 0.750. The van der Waals surface area contributed by atoms with Crippen molar-refractivity contribution in [2.45, 2.75) is 31.7 Å². The molecule has 3 aromatic rings. The van der Waals surface area contributed by atoms with Crippen LogP contribution >= 0.6 is 0 Å². The maximum absolute atomic E-state index is 4.61. The molecule has 1 aromatic carbocycles. The molecule has 0 spiro atoms. The van der Waals surface area contributed by atoms with Crippen LogP contribution in [0, 0.1) is 5.92 Å². The monoisotopic (exact) mass is 363 g/mol. The first-order chi connectivity index (χ1) is 13.1. The van der Waals surface area contributed by atoms with E-state index in [1.807, 2.05) is 30.3 Å². The molecule has 1 N–H and O–H groups in total. The zero-order chi connectivity index (χ0) is 18.8. The fourth-order valence-electron chi connectivity index (χ4n) is 4.10. The summed E-state index contributed by atoms with van der Waals surface area (Å²) in [6.45, 7) is 1.01. The van der Waals surface area contributed by atoms with Crippen molar-refractivity contribution in [2.24, 2.45) is 13.0 Å². The molecule has 4 rings (SSSR count). The van der Waals surface area contributed by atoms with E-state index in [1.165, 1.54) is 42.0 Å². The fourth-order valence-corrected chi connectivity index (χ4v) is 4.10. The highest BCUT2D eigenvalue weighted by Gasteiger charge is 2.22. The molecule has 0 bridgehead atoms. The Morgan fingerprint density at radius 3 is 2.56 bits per heavy atom. The molecule has 0 atom stereocenters. The molecule has 1 aliphatic carbocycles. The molecular formula is C22H29N5. The lowest BCUT2D eigenvalue weighted by atomic mass is 9.85. The van der Waals surface area contributed by atoms with Gasteiger partial charge in [-0.1, -0.05) is 12.1 Å². The van der Waals surface area contributed by atoms with E-state index in [9.17, 15) is 0 Å². The van der Waals surface area contributed by atoms with Gasteiger partial charge < -0.3 is 10.2 Å². The lowest BCUT2D eigenvalue weighted by Gasteiger charge is -2.32. The Morgan fingerprint density at radius 1 is 1.04 bits per heavy atom. The molecule has 1 aliphatic rings. The average Bonchev–Trinajstić information content (AvgIpc) is 3.12. The molecule has 0 saturated heterocycles. The summed E-state index contributed by atoms with van der Waals surface area (Å²) in [5.74, 6) is 1.72. The van der Waals surface area contributed by atoms with Crippen LogP contribution in [0.15, 0.2) is 42.9 Å². The first-order valence-corrected chi connectivity index (χ1v) is 9.87. The van der Waals surface area contributed by atoms with Crippen molar-refractivity contribution in [2.75, 3.05) is 26.0 Å². The molecule has 5 nitrogen and oxygen atoms in total. The molecule has 1 fully saturated rings. The van der Waals surface area contributed by atoms with Gasteiger partial charge in [0.15, 0.2) is 0 Å². The number of rotatable bonds is 5. The van der Waals surface area contributed by atoms with Crippen LogP contribution in [0.5, 0.6) is 0 Å². The summed E-state index contributed by atoms with van der Waals surface area (Å²) < 4.78 is 1.84. The van der Waals surface area contributed by atoms with E-state index in [0.29, 0.717) is 0 Å². The molecule has 2 heterocycles. The highest BCUT2D eigenvalue weighted by atomic mass is 15.2. The van der Waals surface area contributed by atoms with Gasteiger partial charge in [-0.15, -0.1) is 0 Å². The SMILES string of the molecule is CN(C)C1CCC(CNc2cc3cc(-c4cnn(C)c4)ccc3cn2)CC1. The van der Waals surface area contributed by atoms with E-state index in [0.717, 1.165) is 29.9 Å². The molecule has 0 amide bonds. The highest BCUT2D eigenvalue weighted by molar-refractivity contribution is 5.88. The Balaban J connectivity index is 1.43. The smallest absolute Gasteiger partial charge is 0.126 e. The Labute approximate surface area is 161 Å². The van der Waals surface area contributed by atoms with E-state index in [4.69, 9.17) is 0 Å². The Kier molecular flexibility index (Phi) is 5.12. The summed E-state index contributed by atoms with van der Waals surface area (Å²) in [6, 6.07) is 9.42. The van der Waals surface area contributed by atoms with Gasteiger partial charge in [0.05, 0.1) is 6.20 Å². The van der Waals surface area contributed by atoms with E-state index >= 15 is 0 Å². The molecule has 142 valence electrons. The standard InChI is InChI=1S/C22H29N5/c1-26(2)21-8-4-16(5-9-21)12-23-22-11-19-10-17(6-7-18(19)13-24-22)20-14-25-27(3)15-20/h6-7,10-11,13-16,21H,4-5,8-9,12H2,1-3H3,(H,23,24). The van der Waals surface area contributed by atoms with Gasteiger partial charge in [0.1, 0.15) is 5.82 Å². The maximum Gasteiger partial charge on any atom is 0.126 e. The number of nitrogens with zero attached hydrogens (tertiary/aromatic N) is 4. The van der Waals surface area contributed by atoms with Gasteiger partial charge in [-0.2, -0.15) is 5.10 Å². The first-order valence-electron chi connectivity index (χ1n) is 9.87. The number of benzene rings is 1. The predicted octanol–water partition coefficient (Wildman–Crippen LogP) is 4.17. The maximum atomic E-state index is 4.61. The van der Waals surface area contributed by atoms with E-state index in [2.05, 4.69) is 58.7 Å². The van der Waals surface area contributed by atoms with Crippen LogP contribution in [-0.2, 0) is 7.05 Å². The van der Waals surface area contributed by atoms with E-state index in [-0.39, 0.29) is 0 Å². The minimum absolute atomic E-state index is 0.750. The van der Waals surface area contributed by atoms with Gasteiger partial charge in [0.25, 0.3) is 0 Å². The van der Waals surface area contributed by atoms with Crippen LogP contribution in [0.25, 0.3) is 21.9 Å². The number of aryl methyl sites for hydroxylation is 1. The van der Waals surface area contributed by atoms with Crippen molar-refractivity contribution in [1.82, 2.24) is 19.7 Å². The molecular weight excluding hydrogens is 334 g/mol. The summed E-state index contributed by atoms with van der Waals surface area (Å²) in [5.41, 5.74) is 2.33. The second-order valence-electron chi connectivity index (χ2n) is 8.05. The summed E-state index contributed by atoms with van der Waals surface area (Å²) in [5, 5.41) is 10.2. The minimum Gasteiger partial charge on any atom is -0.370 e. The predicted molar refractivity (Wildman–Crippen MR) is 112 cm³/mol. The number of aromatic nitrogens is 3. The van der Waals surface area contributed by atoms with Crippen LogP contribution in [-0.4, -0.2) is 46.3 Å². The third-order valence-corrected chi connectivity index (χ3v) is 5.88. The number of pyridine rings is 1. The lowest BCUT2D eigenvalue weighted by Crippen LogP contribution is -2.33. The van der Waals surface area contributed by atoms with Crippen molar-refractivity contribution in [3.63, 3.8) is 0 Å². The normalized spacial score (nSPS) is 20.3. The van der Waals surface area contributed by atoms with Gasteiger partial charge >= 0.3 is 0 Å². The van der Waals surface area contributed by atoms with Crippen molar-refractivity contribution in [1.29, 1.82) is 0 Å². The number of hydrogen-bond donors (Lipinski definition) is 1. The third-order valence-electron chi connectivity index (χ3n) is 5.88. The van der Waals surface area contributed by atoms with Gasteiger partial charge in [0.2, 0.25) is 0 Å². The van der Waals surface area contributed by atoms with Crippen LogP contribution in [0.3, 0.4) is 0 Å². The van der Waals surface area contributed by atoms with Crippen molar-refractivity contribution < 1.29 is 0 Å². The molecule has 1 saturated carbocycles. The molecule has 27 heavy (non-hydrogen) atoms. The number of anilines is 1. The lowest BCUT2D eigenvalue weighted by molar-refractivity contribution is 0.198. The van der Waals surface area contributed by atoms with Crippen molar-refractivity contribution in [3.05, 3.63) is 42.9 Å². The van der Waals surface area contributed by atoms with Gasteiger partial charge in [0, 0.05) is 43.0 Å². The van der Waals surface area contributed by atoms with Gasteiger partial charge in [-0.05, 0) is 68.8 Å². The third kappa shape index (κ3) is 4.14. The number of hydrogen-bond acceptors (Lipinski definition) is 4. The summed E-state index contributed by atoms with van der Waals surface area (Å²) >= 11 is 0. The van der Waals surface area contributed by atoms with Gasteiger partial charge in [-0.3, -0.25) is 4.68 Å². The Bertz CT molecular complexity index is 906. The second-order valence-corrected chi connectivity index (χ2v) is 8.05. The molecule has 2 aromatic heterocycles. The van der Waals surface area contributed by atoms with Crippen LogP contribution in [0.1, 0.15) is 25.7 Å². The van der Waals surface area contributed by atoms with Crippen LogP contribution in [0.2, 0.25) is 0 Å². The zero-order valence-electron chi connectivity index (χ0n) is 16.5. The van der Waals surface area contributed by atoms with E-state index < -0.39 is 0 Å². The van der Waals surface area contributed by atoms with Crippen molar-refractivity contribution in [3.8, 4) is 11.1 Å². The molecule has 0 unspecified atom stereocenters. The topological polar surface area (TPSA) is 46.0 Å². The largest absolute Gasteiger partial charge is 0.370 e.